The second-order valence-electron chi connectivity index (χ2n) is 6.50. The first-order valence-corrected chi connectivity index (χ1v) is 7.79. The van der Waals surface area contributed by atoms with Crippen LogP contribution in [-0.2, 0) is 6.42 Å². The van der Waals surface area contributed by atoms with Gasteiger partial charge in [-0.25, -0.2) is 0 Å². The molecule has 0 aromatic heterocycles. The van der Waals surface area contributed by atoms with E-state index in [2.05, 4.69) is 6.07 Å². The van der Waals surface area contributed by atoms with E-state index in [1.165, 1.54) is 11.1 Å². The minimum absolute atomic E-state index is 0.173. The zero-order valence-corrected chi connectivity index (χ0v) is 11.9. The summed E-state index contributed by atoms with van der Waals surface area (Å²) in [5.74, 6) is -1.71. The maximum atomic E-state index is 13.1. The van der Waals surface area contributed by atoms with Gasteiger partial charge in [0, 0.05) is 0 Å². The molecule has 2 aliphatic carbocycles. The van der Waals surface area contributed by atoms with Gasteiger partial charge in [0.05, 0.1) is 12.0 Å². The van der Waals surface area contributed by atoms with E-state index >= 15 is 0 Å². The molecule has 4 unspecified atom stereocenters. The normalized spacial score (nSPS) is 30.4. The zero-order chi connectivity index (χ0) is 15.0. The lowest BCUT2D eigenvalue weighted by molar-refractivity contribution is -0.207. The third-order valence-corrected chi connectivity index (χ3v) is 5.22. The monoisotopic (exact) mass is 298 g/mol. The van der Waals surface area contributed by atoms with Crippen LogP contribution >= 0.6 is 0 Å². The molecule has 21 heavy (non-hydrogen) atoms. The van der Waals surface area contributed by atoms with Crippen LogP contribution in [0.5, 0.6) is 0 Å². The van der Waals surface area contributed by atoms with Crippen LogP contribution < -0.4 is 0 Å². The Bertz CT molecular complexity index is 497. The molecule has 1 fully saturated rings. The molecule has 0 amide bonds. The lowest BCUT2D eigenvalue weighted by atomic mass is 9.69. The van der Waals surface area contributed by atoms with E-state index in [1.807, 2.05) is 18.2 Å². The number of hydrogen-bond donors (Lipinski definition) is 1. The second kappa shape index (κ2) is 5.64. The molecule has 4 heteroatoms. The Balaban J connectivity index is 1.66. The molecular weight excluding hydrogens is 277 g/mol. The van der Waals surface area contributed by atoms with Gasteiger partial charge < -0.3 is 5.11 Å². The van der Waals surface area contributed by atoms with E-state index in [0.717, 1.165) is 12.8 Å². The van der Waals surface area contributed by atoms with Crippen molar-refractivity contribution in [1.82, 2.24) is 0 Å². The Labute approximate surface area is 123 Å². The van der Waals surface area contributed by atoms with Crippen molar-refractivity contribution < 1.29 is 18.3 Å². The highest BCUT2D eigenvalue weighted by Crippen LogP contribution is 2.46. The molecule has 0 aliphatic heterocycles. The smallest absolute Gasteiger partial charge is 0.392 e. The van der Waals surface area contributed by atoms with Crippen LogP contribution in [0.1, 0.15) is 49.1 Å². The highest BCUT2D eigenvalue weighted by Gasteiger charge is 2.48. The standard InChI is InChI=1S/C17H21F3O/c18-17(19,20)15-8-4-3-7-14(15)16(21)10-12-9-11-5-1-2-6-13(11)12/h1-2,5-6,12,14-16,21H,3-4,7-10H2. The van der Waals surface area contributed by atoms with Crippen molar-refractivity contribution in [2.75, 3.05) is 0 Å². The molecule has 2 aliphatic rings. The van der Waals surface area contributed by atoms with Crippen LogP contribution in [0.25, 0.3) is 0 Å². The highest BCUT2D eigenvalue weighted by atomic mass is 19.4. The average molecular weight is 298 g/mol. The van der Waals surface area contributed by atoms with E-state index in [4.69, 9.17) is 0 Å². The van der Waals surface area contributed by atoms with Gasteiger partial charge in [-0.15, -0.1) is 0 Å². The van der Waals surface area contributed by atoms with Crippen molar-refractivity contribution in [2.45, 2.75) is 56.7 Å². The van der Waals surface area contributed by atoms with Crippen LogP contribution in [0, 0.1) is 11.8 Å². The van der Waals surface area contributed by atoms with Gasteiger partial charge in [-0.3, -0.25) is 0 Å². The second-order valence-corrected chi connectivity index (χ2v) is 6.50. The summed E-state index contributed by atoms with van der Waals surface area (Å²) in [5.41, 5.74) is 2.47. The maximum absolute atomic E-state index is 13.1. The van der Waals surface area contributed by atoms with Crippen molar-refractivity contribution in [2.24, 2.45) is 11.8 Å². The molecule has 0 saturated heterocycles. The van der Waals surface area contributed by atoms with E-state index in [-0.39, 0.29) is 12.3 Å². The predicted octanol–water partition coefficient (Wildman–Crippen LogP) is 4.45. The molecule has 1 nitrogen and oxygen atoms in total. The number of rotatable bonds is 3. The molecular formula is C17H21F3O. The van der Waals surface area contributed by atoms with E-state index in [9.17, 15) is 18.3 Å². The number of hydrogen-bond acceptors (Lipinski definition) is 1. The van der Waals surface area contributed by atoms with Gasteiger partial charge in [-0.2, -0.15) is 13.2 Å². The van der Waals surface area contributed by atoms with Gasteiger partial charge in [-0.1, -0.05) is 37.1 Å². The Morgan fingerprint density at radius 1 is 1.14 bits per heavy atom. The van der Waals surface area contributed by atoms with Crippen LogP contribution in [0.3, 0.4) is 0 Å². The summed E-state index contributed by atoms with van der Waals surface area (Å²) in [6.45, 7) is 0. The summed E-state index contributed by atoms with van der Waals surface area (Å²) >= 11 is 0. The first-order chi connectivity index (χ1) is 9.97. The third-order valence-electron chi connectivity index (χ3n) is 5.22. The molecule has 0 spiro atoms. The maximum Gasteiger partial charge on any atom is 0.392 e. The Kier molecular flexibility index (Phi) is 4.00. The highest BCUT2D eigenvalue weighted by molar-refractivity contribution is 5.39. The fourth-order valence-electron chi connectivity index (χ4n) is 4.07. The van der Waals surface area contributed by atoms with Gasteiger partial charge in [0.2, 0.25) is 0 Å². The Morgan fingerprint density at radius 3 is 2.57 bits per heavy atom. The minimum Gasteiger partial charge on any atom is -0.393 e. The number of alkyl halides is 3. The van der Waals surface area contributed by atoms with Gasteiger partial charge in [0.1, 0.15) is 0 Å². The van der Waals surface area contributed by atoms with Crippen molar-refractivity contribution >= 4 is 0 Å². The van der Waals surface area contributed by atoms with Crippen molar-refractivity contribution in [1.29, 1.82) is 0 Å². The van der Waals surface area contributed by atoms with Crippen molar-refractivity contribution in [3.05, 3.63) is 35.4 Å². The predicted molar refractivity (Wildman–Crippen MR) is 75.0 cm³/mol. The quantitative estimate of drug-likeness (QED) is 0.874. The fourth-order valence-corrected chi connectivity index (χ4v) is 4.07. The molecule has 0 heterocycles. The summed E-state index contributed by atoms with van der Waals surface area (Å²) in [5, 5.41) is 10.4. The van der Waals surface area contributed by atoms with Crippen LogP contribution in [-0.4, -0.2) is 17.4 Å². The first kappa shape index (κ1) is 14.9. The van der Waals surface area contributed by atoms with Crippen molar-refractivity contribution in [3.8, 4) is 0 Å². The minimum atomic E-state index is -4.18. The molecule has 1 aromatic rings. The third kappa shape index (κ3) is 2.96. The summed E-state index contributed by atoms with van der Waals surface area (Å²) in [7, 11) is 0. The van der Waals surface area contributed by atoms with Crippen molar-refractivity contribution in [3.63, 3.8) is 0 Å². The molecule has 1 aromatic carbocycles. The number of halogens is 3. The van der Waals surface area contributed by atoms with Gasteiger partial charge in [0.15, 0.2) is 0 Å². The van der Waals surface area contributed by atoms with Gasteiger partial charge >= 0.3 is 6.18 Å². The lowest BCUT2D eigenvalue weighted by Gasteiger charge is -2.39. The lowest BCUT2D eigenvalue weighted by Crippen LogP contribution is -2.40. The average Bonchev–Trinajstić information content (AvgIpc) is 2.43. The number of fused-ring (bicyclic) bond motifs is 1. The molecule has 3 rings (SSSR count). The number of aliphatic hydroxyl groups is 1. The van der Waals surface area contributed by atoms with Crippen LogP contribution in [0.2, 0.25) is 0 Å². The topological polar surface area (TPSA) is 20.2 Å². The first-order valence-electron chi connectivity index (χ1n) is 7.79. The molecule has 1 saturated carbocycles. The van der Waals surface area contributed by atoms with Crippen LogP contribution in [0.4, 0.5) is 13.2 Å². The van der Waals surface area contributed by atoms with Crippen LogP contribution in [0.15, 0.2) is 24.3 Å². The largest absolute Gasteiger partial charge is 0.393 e. The fraction of sp³-hybridized carbons (Fsp3) is 0.647. The summed E-state index contributed by atoms with van der Waals surface area (Å²) in [4.78, 5) is 0. The molecule has 0 radical (unpaired) electrons. The SMILES string of the molecule is OC(CC1Cc2ccccc21)C1CCCCC1C(F)(F)F. The number of benzene rings is 1. The van der Waals surface area contributed by atoms with E-state index < -0.39 is 24.1 Å². The Hall–Kier alpha value is -1.03. The summed E-state index contributed by atoms with van der Waals surface area (Å²) < 4.78 is 39.3. The van der Waals surface area contributed by atoms with Gasteiger partial charge in [-0.05, 0) is 48.6 Å². The molecule has 116 valence electrons. The van der Waals surface area contributed by atoms with Gasteiger partial charge in [0.25, 0.3) is 0 Å². The van der Waals surface area contributed by atoms with E-state index in [0.29, 0.717) is 19.3 Å². The molecule has 0 bridgehead atoms. The molecule has 1 N–H and O–H groups in total. The zero-order valence-electron chi connectivity index (χ0n) is 11.9. The van der Waals surface area contributed by atoms with E-state index in [1.54, 1.807) is 0 Å². The molecule has 4 atom stereocenters. The Morgan fingerprint density at radius 2 is 1.86 bits per heavy atom. The summed E-state index contributed by atoms with van der Waals surface area (Å²) in [6, 6.07) is 8.01. The summed E-state index contributed by atoms with van der Waals surface area (Å²) in [6.07, 6.45) is -1.56. The number of aliphatic hydroxyl groups excluding tert-OH is 1.